The summed E-state index contributed by atoms with van der Waals surface area (Å²) in [4.78, 5) is 23.8. The summed E-state index contributed by atoms with van der Waals surface area (Å²) in [6.07, 6.45) is 0.379. The third-order valence-electron chi connectivity index (χ3n) is 2.83. The molecule has 0 bridgehead atoms. The van der Waals surface area contributed by atoms with Crippen molar-refractivity contribution in [2.45, 2.75) is 19.3 Å². The molecule has 0 aromatic heterocycles. The average Bonchev–Trinajstić information content (AvgIpc) is 2.24. The Bertz CT molecular complexity index is 442. The Morgan fingerprint density at radius 3 is 2.88 bits per heavy atom. The van der Waals surface area contributed by atoms with Crippen molar-refractivity contribution in [3.05, 3.63) is 29.8 Å². The van der Waals surface area contributed by atoms with Crippen LogP contribution < -0.4 is 4.90 Å². The SMILES string of the molecule is CC1CC(=O)N(CC(=O)O)c2ccccc21. The van der Waals surface area contributed by atoms with Gasteiger partial charge in [-0.15, -0.1) is 0 Å². The van der Waals surface area contributed by atoms with Gasteiger partial charge in [-0.1, -0.05) is 25.1 Å². The van der Waals surface area contributed by atoms with Gasteiger partial charge in [-0.2, -0.15) is 0 Å². The molecule has 4 nitrogen and oxygen atoms in total. The summed E-state index contributed by atoms with van der Waals surface area (Å²) < 4.78 is 0. The van der Waals surface area contributed by atoms with Gasteiger partial charge in [-0.3, -0.25) is 9.59 Å². The summed E-state index contributed by atoms with van der Waals surface area (Å²) in [7, 11) is 0. The van der Waals surface area contributed by atoms with Crippen LogP contribution in [0.15, 0.2) is 24.3 Å². The monoisotopic (exact) mass is 219 g/mol. The Morgan fingerprint density at radius 2 is 2.19 bits per heavy atom. The predicted octanol–water partition coefficient (Wildman–Crippen LogP) is 1.61. The van der Waals surface area contributed by atoms with E-state index in [0.29, 0.717) is 6.42 Å². The normalized spacial score (nSPS) is 19.4. The van der Waals surface area contributed by atoms with Crippen LogP contribution in [0.1, 0.15) is 24.8 Å². The summed E-state index contributed by atoms with van der Waals surface area (Å²) in [5.74, 6) is -0.944. The molecular weight excluding hydrogens is 206 g/mol. The van der Waals surface area contributed by atoms with E-state index in [1.165, 1.54) is 4.90 Å². The molecule has 1 aliphatic heterocycles. The molecule has 0 aliphatic carbocycles. The molecule has 1 atom stereocenters. The number of carboxylic acid groups (broad SMARTS) is 1. The maximum Gasteiger partial charge on any atom is 0.323 e. The molecule has 0 saturated carbocycles. The van der Waals surface area contributed by atoms with Gasteiger partial charge >= 0.3 is 5.97 Å². The number of carboxylic acids is 1. The second-order valence-electron chi connectivity index (χ2n) is 4.04. The summed E-state index contributed by atoms with van der Waals surface area (Å²) in [5.41, 5.74) is 1.78. The minimum absolute atomic E-state index is 0.117. The van der Waals surface area contributed by atoms with Crippen molar-refractivity contribution < 1.29 is 14.7 Å². The topological polar surface area (TPSA) is 57.6 Å². The lowest BCUT2D eigenvalue weighted by Crippen LogP contribution is -2.39. The number of anilines is 1. The average molecular weight is 219 g/mol. The molecule has 1 aliphatic rings. The first-order chi connectivity index (χ1) is 7.59. The lowest BCUT2D eigenvalue weighted by Gasteiger charge is -2.31. The first kappa shape index (κ1) is 10.7. The second kappa shape index (κ2) is 3.96. The third kappa shape index (κ3) is 1.78. The van der Waals surface area contributed by atoms with Gasteiger partial charge in [0.15, 0.2) is 0 Å². The Hall–Kier alpha value is -1.84. The number of carbonyl (C=O) groups excluding carboxylic acids is 1. The molecule has 1 aromatic carbocycles. The van der Waals surface area contributed by atoms with Gasteiger partial charge in [0.2, 0.25) is 5.91 Å². The van der Waals surface area contributed by atoms with Crippen LogP contribution in [-0.4, -0.2) is 23.5 Å². The van der Waals surface area contributed by atoms with Crippen molar-refractivity contribution >= 4 is 17.6 Å². The fourth-order valence-electron chi connectivity index (χ4n) is 2.08. The molecular formula is C12H13NO3. The smallest absolute Gasteiger partial charge is 0.323 e. The van der Waals surface area contributed by atoms with E-state index in [9.17, 15) is 9.59 Å². The summed E-state index contributed by atoms with van der Waals surface area (Å²) in [6.45, 7) is 1.72. The molecule has 0 spiro atoms. The van der Waals surface area contributed by atoms with Crippen LogP contribution >= 0.6 is 0 Å². The number of para-hydroxylation sites is 1. The molecule has 0 radical (unpaired) electrons. The number of amides is 1. The van der Waals surface area contributed by atoms with E-state index >= 15 is 0 Å². The minimum Gasteiger partial charge on any atom is -0.480 e. The van der Waals surface area contributed by atoms with E-state index in [0.717, 1.165) is 11.3 Å². The molecule has 1 N–H and O–H groups in total. The number of carbonyl (C=O) groups is 2. The summed E-state index contributed by atoms with van der Waals surface area (Å²) in [5, 5.41) is 8.78. The molecule has 0 fully saturated rings. The van der Waals surface area contributed by atoms with Crippen LogP contribution in [-0.2, 0) is 9.59 Å². The highest BCUT2D eigenvalue weighted by atomic mass is 16.4. The number of rotatable bonds is 2. The number of aliphatic carboxylic acids is 1. The number of fused-ring (bicyclic) bond motifs is 1. The Kier molecular flexibility index (Phi) is 2.64. The Balaban J connectivity index is 2.42. The molecule has 1 unspecified atom stereocenters. The van der Waals surface area contributed by atoms with Gasteiger partial charge in [0, 0.05) is 12.1 Å². The fraction of sp³-hybridized carbons (Fsp3) is 0.333. The largest absolute Gasteiger partial charge is 0.480 e. The van der Waals surface area contributed by atoms with Gasteiger partial charge in [0.05, 0.1) is 0 Å². The molecule has 4 heteroatoms. The second-order valence-corrected chi connectivity index (χ2v) is 4.04. The van der Waals surface area contributed by atoms with Gasteiger partial charge in [0.1, 0.15) is 6.54 Å². The highest BCUT2D eigenvalue weighted by Crippen LogP contribution is 2.35. The molecule has 0 saturated heterocycles. The fourth-order valence-corrected chi connectivity index (χ4v) is 2.08. The molecule has 84 valence electrons. The van der Waals surface area contributed by atoms with Crippen LogP contribution in [0.3, 0.4) is 0 Å². The van der Waals surface area contributed by atoms with Crippen LogP contribution in [0.25, 0.3) is 0 Å². The maximum atomic E-state index is 11.8. The number of hydrogen-bond donors (Lipinski definition) is 1. The minimum atomic E-state index is -0.988. The lowest BCUT2D eigenvalue weighted by atomic mass is 9.91. The summed E-state index contributed by atoms with van der Waals surface area (Å²) >= 11 is 0. The van der Waals surface area contributed by atoms with Crippen molar-refractivity contribution in [2.75, 3.05) is 11.4 Å². The number of nitrogens with zero attached hydrogens (tertiary/aromatic N) is 1. The van der Waals surface area contributed by atoms with Gasteiger partial charge in [-0.05, 0) is 17.5 Å². The third-order valence-corrected chi connectivity index (χ3v) is 2.83. The van der Waals surface area contributed by atoms with Crippen LogP contribution in [0.2, 0.25) is 0 Å². The zero-order chi connectivity index (χ0) is 11.7. The molecule has 2 rings (SSSR count). The predicted molar refractivity (Wildman–Crippen MR) is 59.5 cm³/mol. The maximum absolute atomic E-state index is 11.8. The standard InChI is InChI=1S/C12H13NO3/c1-8-6-11(14)13(7-12(15)16)10-5-3-2-4-9(8)10/h2-5,8H,6-7H2,1H3,(H,15,16). The zero-order valence-corrected chi connectivity index (χ0v) is 9.01. The molecule has 1 aromatic rings. The zero-order valence-electron chi connectivity index (χ0n) is 9.01. The van der Waals surface area contributed by atoms with Crippen LogP contribution in [0.4, 0.5) is 5.69 Å². The quantitative estimate of drug-likeness (QED) is 0.822. The van der Waals surface area contributed by atoms with Gasteiger partial charge in [-0.25, -0.2) is 0 Å². The van der Waals surface area contributed by atoms with E-state index in [1.807, 2.05) is 25.1 Å². The van der Waals surface area contributed by atoms with Crippen molar-refractivity contribution in [1.29, 1.82) is 0 Å². The number of hydrogen-bond acceptors (Lipinski definition) is 2. The van der Waals surface area contributed by atoms with Gasteiger partial charge in [0.25, 0.3) is 0 Å². The van der Waals surface area contributed by atoms with Crippen molar-refractivity contribution in [1.82, 2.24) is 0 Å². The first-order valence-electron chi connectivity index (χ1n) is 5.20. The van der Waals surface area contributed by atoms with E-state index in [4.69, 9.17) is 5.11 Å². The van der Waals surface area contributed by atoms with E-state index in [1.54, 1.807) is 6.07 Å². The highest BCUT2D eigenvalue weighted by Gasteiger charge is 2.29. The molecule has 16 heavy (non-hydrogen) atoms. The van der Waals surface area contributed by atoms with Gasteiger partial charge < -0.3 is 10.0 Å². The molecule has 1 amide bonds. The number of benzene rings is 1. The van der Waals surface area contributed by atoms with Crippen molar-refractivity contribution in [3.8, 4) is 0 Å². The van der Waals surface area contributed by atoms with Crippen LogP contribution in [0, 0.1) is 0 Å². The van der Waals surface area contributed by atoms with E-state index < -0.39 is 5.97 Å². The lowest BCUT2D eigenvalue weighted by molar-refractivity contribution is -0.136. The van der Waals surface area contributed by atoms with Crippen molar-refractivity contribution in [2.24, 2.45) is 0 Å². The Morgan fingerprint density at radius 1 is 1.50 bits per heavy atom. The van der Waals surface area contributed by atoms with Crippen LogP contribution in [0.5, 0.6) is 0 Å². The van der Waals surface area contributed by atoms with E-state index in [-0.39, 0.29) is 18.4 Å². The Labute approximate surface area is 93.5 Å². The highest BCUT2D eigenvalue weighted by molar-refractivity contribution is 6.00. The van der Waals surface area contributed by atoms with Crippen molar-refractivity contribution in [3.63, 3.8) is 0 Å². The first-order valence-corrected chi connectivity index (χ1v) is 5.20. The van der Waals surface area contributed by atoms with E-state index in [2.05, 4.69) is 0 Å². The molecule has 1 heterocycles. The summed E-state index contributed by atoms with van der Waals surface area (Å²) in [6, 6.07) is 7.47.